The summed E-state index contributed by atoms with van der Waals surface area (Å²) >= 11 is 2.86. The van der Waals surface area contributed by atoms with E-state index in [4.69, 9.17) is 5.73 Å². The number of nitrogens with zero attached hydrogens (tertiary/aromatic N) is 2. The lowest BCUT2D eigenvalue weighted by Gasteiger charge is -1.97. The van der Waals surface area contributed by atoms with E-state index in [-0.39, 0.29) is 5.91 Å². The van der Waals surface area contributed by atoms with Crippen molar-refractivity contribution in [2.24, 2.45) is 5.73 Å². The molecule has 3 rings (SSSR count). The van der Waals surface area contributed by atoms with Crippen LogP contribution in [0.5, 0.6) is 0 Å². The van der Waals surface area contributed by atoms with E-state index in [9.17, 15) is 4.79 Å². The molecule has 1 amide bonds. The van der Waals surface area contributed by atoms with Crippen LogP contribution in [0, 0.1) is 0 Å². The molecule has 0 aromatic carbocycles. The van der Waals surface area contributed by atoms with Gasteiger partial charge in [0.2, 0.25) is 0 Å². The highest BCUT2D eigenvalue weighted by atomic mass is 32.1. The summed E-state index contributed by atoms with van der Waals surface area (Å²) in [6, 6.07) is 0. The number of thiazole rings is 2. The Morgan fingerprint density at radius 3 is 2.89 bits per heavy atom. The van der Waals surface area contributed by atoms with Crippen LogP contribution in [0.2, 0.25) is 0 Å². The SMILES string of the molecule is NCc1nc(C(=O)Nc2nc(C3CC3)cs2)cs1. The number of hydrogen-bond acceptors (Lipinski definition) is 6. The third-order valence-electron chi connectivity index (χ3n) is 2.70. The van der Waals surface area contributed by atoms with Gasteiger partial charge < -0.3 is 5.73 Å². The third-order valence-corrected chi connectivity index (χ3v) is 4.34. The number of amides is 1. The summed E-state index contributed by atoms with van der Waals surface area (Å²) in [4.78, 5) is 20.4. The van der Waals surface area contributed by atoms with Gasteiger partial charge in [0.1, 0.15) is 10.7 Å². The molecule has 7 heteroatoms. The van der Waals surface area contributed by atoms with E-state index < -0.39 is 0 Å². The predicted octanol–water partition coefficient (Wildman–Crippen LogP) is 2.19. The van der Waals surface area contributed by atoms with E-state index in [1.165, 1.54) is 35.5 Å². The van der Waals surface area contributed by atoms with Crippen molar-refractivity contribution in [2.45, 2.75) is 25.3 Å². The average molecular weight is 280 g/mol. The summed E-state index contributed by atoms with van der Waals surface area (Å²) in [5.74, 6) is 0.387. The molecular weight excluding hydrogens is 268 g/mol. The lowest BCUT2D eigenvalue weighted by molar-refractivity contribution is 0.102. The fourth-order valence-electron chi connectivity index (χ4n) is 1.58. The lowest BCUT2D eigenvalue weighted by atomic mass is 10.3. The molecule has 1 saturated carbocycles. The maximum Gasteiger partial charge on any atom is 0.276 e. The van der Waals surface area contributed by atoms with Crippen LogP contribution in [0.3, 0.4) is 0 Å². The quantitative estimate of drug-likeness (QED) is 0.899. The van der Waals surface area contributed by atoms with Gasteiger partial charge in [-0.2, -0.15) is 0 Å². The van der Waals surface area contributed by atoms with Crippen LogP contribution in [0.1, 0.15) is 39.9 Å². The Labute approximate surface area is 112 Å². The van der Waals surface area contributed by atoms with Crippen molar-refractivity contribution in [3.05, 3.63) is 27.2 Å². The molecule has 1 aliphatic rings. The molecule has 0 saturated heterocycles. The van der Waals surface area contributed by atoms with Gasteiger partial charge in [-0.3, -0.25) is 10.1 Å². The van der Waals surface area contributed by atoms with Gasteiger partial charge in [-0.15, -0.1) is 22.7 Å². The third kappa shape index (κ3) is 2.43. The van der Waals surface area contributed by atoms with Crippen LogP contribution >= 0.6 is 22.7 Å². The van der Waals surface area contributed by atoms with Crippen molar-refractivity contribution >= 4 is 33.7 Å². The number of carbonyl (C=O) groups excluding carboxylic acids is 1. The summed E-state index contributed by atoms with van der Waals surface area (Å²) in [6.45, 7) is 0.362. The molecule has 0 spiro atoms. The van der Waals surface area contributed by atoms with Crippen molar-refractivity contribution in [1.82, 2.24) is 9.97 Å². The second-order valence-corrected chi connectivity index (χ2v) is 5.94. The maximum absolute atomic E-state index is 11.9. The summed E-state index contributed by atoms with van der Waals surface area (Å²) < 4.78 is 0. The normalized spacial score (nSPS) is 14.7. The van der Waals surface area contributed by atoms with Gasteiger partial charge in [-0.05, 0) is 12.8 Å². The van der Waals surface area contributed by atoms with Gasteiger partial charge in [0.05, 0.1) is 5.69 Å². The van der Waals surface area contributed by atoms with Gasteiger partial charge in [0, 0.05) is 23.2 Å². The molecule has 18 heavy (non-hydrogen) atoms. The van der Waals surface area contributed by atoms with Crippen LogP contribution in [0.4, 0.5) is 5.13 Å². The Hall–Kier alpha value is -1.31. The first-order valence-electron chi connectivity index (χ1n) is 5.67. The second-order valence-electron chi connectivity index (χ2n) is 4.14. The van der Waals surface area contributed by atoms with Crippen molar-refractivity contribution in [3.63, 3.8) is 0 Å². The molecule has 2 aromatic rings. The Morgan fingerprint density at radius 1 is 1.39 bits per heavy atom. The number of hydrogen-bond donors (Lipinski definition) is 2. The average Bonchev–Trinajstić information content (AvgIpc) is 2.93. The molecule has 94 valence electrons. The van der Waals surface area contributed by atoms with E-state index in [1.54, 1.807) is 5.38 Å². The van der Waals surface area contributed by atoms with E-state index >= 15 is 0 Å². The number of carbonyl (C=O) groups is 1. The van der Waals surface area contributed by atoms with Crippen molar-refractivity contribution < 1.29 is 4.79 Å². The molecule has 0 unspecified atom stereocenters. The smallest absolute Gasteiger partial charge is 0.276 e. The van der Waals surface area contributed by atoms with Crippen LogP contribution < -0.4 is 11.1 Å². The van der Waals surface area contributed by atoms with E-state index in [2.05, 4.69) is 15.3 Å². The van der Waals surface area contributed by atoms with E-state index in [0.717, 1.165) is 10.7 Å². The zero-order chi connectivity index (χ0) is 12.5. The second kappa shape index (κ2) is 4.75. The molecule has 2 heterocycles. The lowest BCUT2D eigenvalue weighted by Crippen LogP contribution is -2.12. The Morgan fingerprint density at radius 2 is 2.22 bits per heavy atom. The van der Waals surface area contributed by atoms with Gasteiger partial charge in [0.25, 0.3) is 5.91 Å². The highest BCUT2D eigenvalue weighted by molar-refractivity contribution is 7.14. The Bertz CT molecular complexity index is 573. The van der Waals surface area contributed by atoms with E-state index in [0.29, 0.717) is 23.3 Å². The van der Waals surface area contributed by atoms with Crippen molar-refractivity contribution in [3.8, 4) is 0 Å². The fourth-order valence-corrected chi connectivity index (χ4v) is 3.02. The van der Waals surface area contributed by atoms with Crippen LogP contribution in [0.15, 0.2) is 10.8 Å². The molecule has 0 bridgehead atoms. The van der Waals surface area contributed by atoms with Crippen LogP contribution in [-0.4, -0.2) is 15.9 Å². The monoisotopic (exact) mass is 280 g/mol. The number of aromatic nitrogens is 2. The zero-order valence-corrected chi connectivity index (χ0v) is 11.2. The fraction of sp³-hybridized carbons (Fsp3) is 0.364. The first-order chi connectivity index (χ1) is 8.76. The van der Waals surface area contributed by atoms with E-state index in [1.807, 2.05) is 5.38 Å². The molecular formula is C11H12N4OS2. The number of rotatable bonds is 4. The Kier molecular flexibility index (Phi) is 3.11. The molecule has 1 aliphatic carbocycles. The number of nitrogens with one attached hydrogen (secondary N) is 1. The van der Waals surface area contributed by atoms with Gasteiger partial charge in [0.15, 0.2) is 5.13 Å². The summed E-state index contributed by atoms with van der Waals surface area (Å²) in [6.07, 6.45) is 2.42. The minimum Gasteiger partial charge on any atom is -0.325 e. The highest BCUT2D eigenvalue weighted by Gasteiger charge is 2.26. The standard InChI is InChI=1S/C11H12N4OS2/c12-3-9-13-8(5-17-9)10(16)15-11-14-7(4-18-11)6-1-2-6/h4-6H,1-3,12H2,(H,14,15,16). The number of nitrogens with two attached hydrogens (primary N) is 1. The predicted molar refractivity (Wildman–Crippen MR) is 72.0 cm³/mol. The molecule has 0 radical (unpaired) electrons. The maximum atomic E-state index is 11.9. The zero-order valence-electron chi connectivity index (χ0n) is 9.55. The molecule has 5 nitrogen and oxygen atoms in total. The summed E-state index contributed by atoms with van der Waals surface area (Å²) in [5.41, 5.74) is 6.97. The molecule has 2 aromatic heterocycles. The molecule has 0 atom stereocenters. The number of anilines is 1. The molecule has 1 fully saturated rings. The van der Waals surface area contributed by atoms with Gasteiger partial charge >= 0.3 is 0 Å². The topological polar surface area (TPSA) is 80.9 Å². The molecule has 0 aliphatic heterocycles. The van der Waals surface area contributed by atoms with Gasteiger partial charge in [-0.1, -0.05) is 0 Å². The minimum absolute atomic E-state index is 0.220. The largest absolute Gasteiger partial charge is 0.325 e. The van der Waals surface area contributed by atoms with Crippen LogP contribution in [0.25, 0.3) is 0 Å². The summed E-state index contributed by atoms with van der Waals surface area (Å²) in [7, 11) is 0. The molecule has 3 N–H and O–H groups in total. The van der Waals surface area contributed by atoms with Gasteiger partial charge in [-0.25, -0.2) is 9.97 Å². The minimum atomic E-state index is -0.220. The first kappa shape index (κ1) is 11.8. The highest BCUT2D eigenvalue weighted by Crippen LogP contribution is 2.40. The van der Waals surface area contributed by atoms with Crippen molar-refractivity contribution in [1.29, 1.82) is 0 Å². The Balaban J connectivity index is 1.68. The first-order valence-corrected chi connectivity index (χ1v) is 7.43. The summed E-state index contributed by atoms with van der Waals surface area (Å²) in [5, 5.41) is 7.90. The van der Waals surface area contributed by atoms with Crippen molar-refractivity contribution in [2.75, 3.05) is 5.32 Å². The van der Waals surface area contributed by atoms with Crippen LogP contribution in [-0.2, 0) is 6.54 Å².